The first-order chi connectivity index (χ1) is 6.37. The Morgan fingerprint density at radius 3 is 2.62 bits per heavy atom. The summed E-state index contributed by atoms with van der Waals surface area (Å²) in [6, 6.07) is 0. The van der Waals surface area contributed by atoms with Crippen molar-refractivity contribution in [2.75, 3.05) is 19.8 Å². The average Bonchev–Trinajstić information content (AvgIpc) is 2.13. The number of hydrogen-bond donors (Lipinski definition) is 1. The van der Waals surface area contributed by atoms with Crippen molar-refractivity contribution >= 4 is 0 Å². The van der Waals surface area contributed by atoms with Crippen LogP contribution in [0, 0.1) is 11.3 Å². The van der Waals surface area contributed by atoms with E-state index in [4.69, 9.17) is 10.5 Å². The molecule has 2 N–H and O–H groups in total. The smallest absolute Gasteiger partial charge is 0.0499 e. The molecule has 2 rings (SSSR count). The van der Waals surface area contributed by atoms with Crippen LogP contribution in [0.1, 0.15) is 38.5 Å². The molecule has 76 valence electrons. The first-order valence-corrected chi connectivity index (χ1v) is 5.65. The monoisotopic (exact) mass is 183 g/mol. The van der Waals surface area contributed by atoms with Gasteiger partial charge in [-0.1, -0.05) is 6.42 Å². The molecular formula is C11H21NO. The van der Waals surface area contributed by atoms with Crippen LogP contribution in [0.4, 0.5) is 0 Å². The van der Waals surface area contributed by atoms with Gasteiger partial charge in [0.05, 0.1) is 0 Å². The predicted molar refractivity (Wildman–Crippen MR) is 53.5 cm³/mol. The second kappa shape index (κ2) is 3.97. The second-order valence-electron chi connectivity index (χ2n) is 4.67. The van der Waals surface area contributed by atoms with E-state index >= 15 is 0 Å². The molecule has 1 saturated carbocycles. The molecular weight excluding hydrogens is 162 g/mol. The van der Waals surface area contributed by atoms with E-state index in [9.17, 15) is 0 Å². The van der Waals surface area contributed by atoms with E-state index in [1.807, 2.05) is 0 Å². The van der Waals surface area contributed by atoms with E-state index in [0.29, 0.717) is 5.41 Å². The summed E-state index contributed by atoms with van der Waals surface area (Å²) in [6.07, 6.45) is 8.07. The highest BCUT2D eigenvalue weighted by Gasteiger charge is 2.43. The Morgan fingerprint density at radius 1 is 1.31 bits per heavy atom. The van der Waals surface area contributed by atoms with Crippen LogP contribution in [0.15, 0.2) is 0 Å². The van der Waals surface area contributed by atoms with Gasteiger partial charge in [-0.15, -0.1) is 0 Å². The zero-order valence-electron chi connectivity index (χ0n) is 8.43. The van der Waals surface area contributed by atoms with Gasteiger partial charge < -0.3 is 10.5 Å². The maximum atomic E-state index is 5.69. The minimum absolute atomic E-state index is 0.592. The molecule has 0 amide bonds. The molecule has 0 aromatic carbocycles. The molecule has 2 nitrogen and oxygen atoms in total. The van der Waals surface area contributed by atoms with Crippen molar-refractivity contribution in [3.63, 3.8) is 0 Å². The maximum Gasteiger partial charge on any atom is 0.0499 e. The number of hydrogen-bond acceptors (Lipinski definition) is 2. The molecule has 2 fully saturated rings. The fourth-order valence-corrected chi connectivity index (χ4v) is 3.00. The number of nitrogens with two attached hydrogens (primary N) is 1. The van der Waals surface area contributed by atoms with Crippen molar-refractivity contribution in [3.05, 3.63) is 0 Å². The van der Waals surface area contributed by atoms with E-state index in [2.05, 4.69) is 0 Å². The third kappa shape index (κ3) is 1.75. The highest BCUT2D eigenvalue weighted by Crippen LogP contribution is 2.51. The quantitative estimate of drug-likeness (QED) is 0.725. The lowest BCUT2D eigenvalue weighted by atomic mass is 9.58. The van der Waals surface area contributed by atoms with Gasteiger partial charge >= 0.3 is 0 Å². The third-order valence-corrected chi connectivity index (χ3v) is 4.02. The van der Waals surface area contributed by atoms with E-state index in [-0.39, 0.29) is 0 Å². The molecule has 2 heteroatoms. The number of ether oxygens (including phenoxy) is 1. The molecule has 0 aromatic heterocycles. The van der Waals surface area contributed by atoms with Crippen molar-refractivity contribution in [2.24, 2.45) is 17.1 Å². The zero-order chi connectivity index (χ0) is 9.15. The average molecular weight is 183 g/mol. The summed E-state index contributed by atoms with van der Waals surface area (Å²) < 4.78 is 5.57. The molecule has 1 atom stereocenters. The summed E-state index contributed by atoms with van der Waals surface area (Å²) in [5.41, 5.74) is 6.28. The lowest BCUT2D eigenvalue weighted by Crippen LogP contribution is -2.42. The minimum Gasteiger partial charge on any atom is -0.381 e. The van der Waals surface area contributed by atoms with Gasteiger partial charge in [0.25, 0.3) is 0 Å². The Bertz CT molecular complexity index is 159. The first kappa shape index (κ1) is 9.47. The van der Waals surface area contributed by atoms with Crippen LogP contribution in [0.2, 0.25) is 0 Å². The van der Waals surface area contributed by atoms with E-state index in [0.717, 1.165) is 25.7 Å². The SMILES string of the molecule is NCCC1(C2CCCOC2)CCC1. The van der Waals surface area contributed by atoms with Crippen molar-refractivity contribution in [3.8, 4) is 0 Å². The molecule has 1 aliphatic heterocycles. The van der Waals surface area contributed by atoms with Gasteiger partial charge in [-0.2, -0.15) is 0 Å². The van der Waals surface area contributed by atoms with Crippen LogP contribution in [-0.4, -0.2) is 19.8 Å². The molecule has 0 radical (unpaired) electrons. The van der Waals surface area contributed by atoms with Crippen molar-refractivity contribution < 1.29 is 4.74 Å². The molecule has 13 heavy (non-hydrogen) atoms. The van der Waals surface area contributed by atoms with Gasteiger partial charge in [0, 0.05) is 13.2 Å². The molecule has 2 aliphatic rings. The summed E-state index contributed by atoms with van der Waals surface area (Å²) in [7, 11) is 0. The second-order valence-corrected chi connectivity index (χ2v) is 4.67. The first-order valence-electron chi connectivity index (χ1n) is 5.65. The lowest BCUT2D eigenvalue weighted by molar-refractivity contribution is -0.0516. The number of rotatable bonds is 3. The lowest BCUT2D eigenvalue weighted by Gasteiger charge is -2.49. The van der Waals surface area contributed by atoms with Gasteiger partial charge in [0.2, 0.25) is 0 Å². The van der Waals surface area contributed by atoms with Gasteiger partial charge in [-0.05, 0) is 50.0 Å². The molecule has 0 bridgehead atoms. The Labute approximate surface area is 80.8 Å². The molecule has 1 heterocycles. The van der Waals surface area contributed by atoms with Gasteiger partial charge in [0.1, 0.15) is 0 Å². The Balaban J connectivity index is 1.93. The highest BCUT2D eigenvalue weighted by molar-refractivity contribution is 4.94. The Hall–Kier alpha value is -0.0800. The summed E-state index contributed by atoms with van der Waals surface area (Å²) in [5, 5.41) is 0. The molecule has 1 unspecified atom stereocenters. The zero-order valence-corrected chi connectivity index (χ0v) is 8.43. The Kier molecular flexibility index (Phi) is 2.89. The standard InChI is InChI=1S/C11H21NO/c12-7-6-11(4-2-5-11)10-3-1-8-13-9-10/h10H,1-9,12H2. The summed E-state index contributed by atoms with van der Waals surface area (Å²) in [4.78, 5) is 0. The Morgan fingerprint density at radius 2 is 2.15 bits per heavy atom. The van der Waals surface area contributed by atoms with E-state index < -0.39 is 0 Å². The van der Waals surface area contributed by atoms with Gasteiger partial charge in [-0.3, -0.25) is 0 Å². The third-order valence-electron chi connectivity index (χ3n) is 4.02. The molecule has 1 saturated heterocycles. The van der Waals surface area contributed by atoms with Crippen LogP contribution >= 0.6 is 0 Å². The van der Waals surface area contributed by atoms with Crippen molar-refractivity contribution in [1.82, 2.24) is 0 Å². The summed E-state index contributed by atoms with van der Waals surface area (Å²) in [6.45, 7) is 2.84. The summed E-state index contributed by atoms with van der Waals surface area (Å²) in [5.74, 6) is 0.818. The van der Waals surface area contributed by atoms with Crippen LogP contribution in [0.25, 0.3) is 0 Å². The normalized spacial score (nSPS) is 32.5. The minimum atomic E-state index is 0.592. The van der Waals surface area contributed by atoms with Crippen molar-refractivity contribution in [2.45, 2.75) is 38.5 Å². The molecule has 0 spiro atoms. The van der Waals surface area contributed by atoms with E-state index in [1.165, 1.54) is 38.5 Å². The van der Waals surface area contributed by atoms with Gasteiger partial charge in [0.15, 0.2) is 0 Å². The maximum absolute atomic E-state index is 5.69. The van der Waals surface area contributed by atoms with Gasteiger partial charge in [-0.25, -0.2) is 0 Å². The van der Waals surface area contributed by atoms with Crippen molar-refractivity contribution in [1.29, 1.82) is 0 Å². The summed E-state index contributed by atoms with van der Waals surface area (Å²) >= 11 is 0. The fourth-order valence-electron chi connectivity index (χ4n) is 3.00. The van der Waals surface area contributed by atoms with Crippen LogP contribution in [-0.2, 0) is 4.74 Å². The van der Waals surface area contributed by atoms with Crippen LogP contribution in [0.3, 0.4) is 0 Å². The predicted octanol–water partition coefficient (Wildman–Crippen LogP) is 1.93. The topological polar surface area (TPSA) is 35.2 Å². The van der Waals surface area contributed by atoms with E-state index in [1.54, 1.807) is 0 Å². The largest absolute Gasteiger partial charge is 0.381 e. The fraction of sp³-hybridized carbons (Fsp3) is 1.00. The van der Waals surface area contributed by atoms with Crippen LogP contribution < -0.4 is 5.73 Å². The molecule has 1 aliphatic carbocycles. The van der Waals surface area contributed by atoms with Crippen LogP contribution in [0.5, 0.6) is 0 Å². The highest BCUT2D eigenvalue weighted by atomic mass is 16.5. The molecule has 0 aromatic rings.